The zero-order valence-corrected chi connectivity index (χ0v) is 15.1. The molecule has 0 atom stereocenters. The summed E-state index contributed by atoms with van der Waals surface area (Å²) in [6, 6.07) is 7.46. The van der Waals surface area contributed by atoms with Gasteiger partial charge in [0.2, 0.25) is 11.8 Å². The molecule has 0 bridgehead atoms. The van der Waals surface area contributed by atoms with E-state index in [0.717, 1.165) is 5.69 Å². The molecular weight excluding hydrogens is 332 g/mol. The van der Waals surface area contributed by atoms with Crippen molar-refractivity contribution in [3.05, 3.63) is 48.6 Å². The Morgan fingerprint density at radius 2 is 2.08 bits per heavy atom. The van der Waals surface area contributed by atoms with E-state index < -0.39 is 0 Å². The minimum absolute atomic E-state index is 0.0758. The third-order valence-corrected chi connectivity index (χ3v) is 3.78. The summed E-state index contributed by atoms with van der Waals surface area (Å²) in [7, 11) is 0. The van der Waals surface area contributed by atoms with Gasteiger partial charge in [0.15, 0.2) is 5.82 Å². The maximum Gasteiger partial charge on any atom is 0.226 e. The van der Waals surface area contributed by atoms with Crippen LogP contribution in [0.3, 0.4) is 0 Å². The van der Waals surface area contributed by atoms with Crippen LogP contribution in [0.15, 0.2) is 41.4 Å². The lowest BCUT2D eigenvalue weighted by atomic mass is 9.96. The van der Waals surface area contributed by atoms with Crippen LogP contribution in [-0.4, -0.2) is 30.8 Å². The van der Waals surface area contributed by atoms with E-state index in [1.54, 1.807) is 11.0 Å². The summed E-state index contributed by atoms with van der Waals surface area (Å²) >= 11 is 0. The Balaban J connectivity index is 1.55. The number of rotatable bonds is 6. The molecular formula is C18H22N6O2. The van der Waals surface area contributed by atoms with Crippen molar-refractivity contribution < 1.29 is 9.32 Å². The highest BCUT2D eigenvalue weighted by Gasteiger charge is 2.20. The van der Waals surface area contributed by atoms with Crippen LogP contribution < -0.4 is 5.32 Å². The fourth-order valence-electron chi connectivity index (χ4n) is 2.39. The van der Waals surface area contributed by atoms with Gasteiger partial charge in [-0.1, -0.05) is 38.1 Å². The largest absolute Gasteiger partial charge is 0.339 e. The van der Waals surface area contributed by atoms with Crippen molar-refractivity contribution >= 4 is 11.6 Å². The zero-order chi connectivity index (χ0) is 18.6. The van der Waals surface area contributed by atoms with Crippen LogP contribution in [0.1, 0.15) is 45.3 Å². The molecule has 136 valence electrons. The number of para-hydroxylation sites is 2. The van der Waals surface area contributed by atoms with Gasteiger partial charge in [-0.3, -0.25) is 4.79 Å². The SMILES string of the molecule is CC(C)(C)c1noc(CCCC(=O)Nc2ccccc2-n2cncn2)n1. The van der Waals surface area contributed by atoms with Gasteiger partial charge < -0.3 is 9.84 Å². The molecule has 0 saturated carbocycles. The van der Waals surface area contributed by atoms with Crippen LogP contribution in [-0.2, 0) is 16.6 Å². The van der Waals surface area contributed by atoms with E-state index in [2.05, 4.69) is 25.5 Å². The van der Waals surface area contributed by atoms with Crippen LogP contribution in [0, 0.1) is 0 Å². The minimum Gasteiger partial charge on any atom is -0.339 e. The number of aromatic nitrogens is 5. The monoisotopic (exact) mass is 354 g/mol. The molecule has 8 nitrogen and oxygen atoms in total. The van der Waals surface area contributed by atoms with Gasteiger partial charge in [-0.2, -0.15) is 10.1 Å². The number of nitrogens with one attached hydrogen (secondary N) is 1. The van der Waals surface area contributed by atoms with E-state index in [4.69, 9.17) is 4.52 Å². The lowest BCUT2D eigenvalue weighted by molar-refractivity contribution is -0.116. The summed E-state index contributed by atoms with van der Waals surface area (Å²) in [5, 5.41) is 11.0. The highest BCUT2D eigenvalue weighted by molar-refractivity contribution is 5.92. The van der Waals surface area contributed by atoms with E-state index >= 15 is 0 Å². The van der Waals surface area contributed by atoms with Crippen molar-refractivity contribution in [2.75, 3.05) is 5.32 Å². The topological polar surface area (TPSA) is 98.7 Å². The zero-order valence-electron chi connectivity index (χ0n) is 15.1. The van der Waals surface area contributed by atoms with Crippen LogP contribution in [0.2, 0.25) is 0 Å². The maximum atomic E-state index is 12.3. The number of nitrogens with zero attached hydrogens (tertiary/aromatic N) is 5. The lowest BCUT2D eigenvalue weighted by Crippen LogP contribution is -2.14. The Hall–Kier alpha value is -3.03. The van der Waals surface area contributed by atoms with Gasteiger partial charge in [-0.15, -0.1) is 0 Å². The molecule has 2 aromatic heterocycles. The first-order chi connectivity index (χ1) is 12.4. The summed E-state index contributed by atoms with van der Waals surface area (Å²) in [5.41, 5.74) is 1.31. The van der Waals surface area contributed by atoms with E-state index in [-0.39, 0.29) is 11.3 Å². The number of benzene rings is 1. The number of hydrogen-bond acceptors (Lipinski definition) is 6. The van der Waals surface area contributed by atoms with Gasteiger partial charge in [-0.05, 0) is 18.6 Å². The Kier molecular flexibility index (Phi) is 5.11. The predicted molar refractivity (Wildman–Crippen MR) is 95.9 cm³/mol. The van der Waals surface area contributed by atoms with Crippen molar-refractivity contribution in [2.45, 2.75) is 45.4 Å². The van der Waals surface area contributed by atoms with Gasteiger partial charge >= 0.3 is 0 Å². The molecule has 0 aliphatic carbocycles. The average Bonchev–Trinajstić information content (AvgIpc) is 3.26. The van der Waals surface area contributed by atoms with Gasteiger partial charge in [-0.25, -0.2) is 9.67 Å². The number of carbonyl (C=O) groups is 1. The van der Waals surface area contributed by atoms with Gasteiger partial charge in [0.1, 0.15) is 12.7 Å². The summed E-state index contributed by atoms with van der Waals surface area (Å²) < 4.78 is 6.86. The number of carbonyl (C=O) groups excluding carboxylic acids is 1. The van der Waals surface area contributed by atoms with Gasteiger partial charge in [0.25, 0.3) is 0 Å². The molecule has 0 radical (unpaired) electrons. The Morgan fingerprint density at radius 1 is 1.27 bits per heavy atom. The molecule has 3 aromatic rings. The second-order valence-corrected chi connectivity index (χ2v) is 7.02. The summed E-state index contributed by atoms with van der Waals surface area (Å²) in [5.74, 6) is 1.16. The normalized spacial score (nSPS) is 11.5. The molecule has 26 heavy (non-hydrogen) atoms. The molecule has 2 heterocycles. The van der Waals surface area contributed by atoms with E-state index in [9.17, 15) is 4.79 Å². The molecule has 0 spiro atoms. The van der Waals surface area contributed by atoms with Crippen LogP contribution >= 0.6 is 0 Å². The van der Waals surface area contributed by atoms with E-state index in [0.29, 0.717) is 36.7 Å². The predicted octanol–water partition coefficient (Wildman–Crippen LogP) is 2.91. The second kappa shape index (κ2) is 7.47. The third kappa shape index (κ3) is 4.33. The molecule has 8 heteroatoms. The Labute approximate surface area is 151 Å². The fourth-order valence-corrected chi connectivity index (χ4v) is 2.39. The molecule has 0 fully saturated rings. The van der Waals surface area contributed by atoms with Crippen LogP contribution in [0.5, 0.6) is 0 Å². The van der Waals surface area contributed by atoms with Crippen molar-refractivity contribution in [3.63, 3.8) is 0 Å². The Morgan fingerprint density at radius 3 is 2.77 bits per heavy atom. The highest BCUT2D eigenvalue weighted by Crippen LogP contribution is 2.20. The lowest BCUT2D eigenvalue weighted by Gasteiger charge is -2.11. The van der Waals surface area contributed by atoms with Gasteiger partial charge in [0, 0.05) is 18.3 Å². The summed E-state index contributed by atoms with van der Waals surface area (Å²) in [4.78, 5) is 20.6. The van der Waals surface area contributed by atoms with Crippen molar-refractivity contribution in [1.82, 2.24) is 24.9 Å². The molecule has 0 unspecified atom stereocenters. The standard InChI is InChI=1S/C18H22N6O2/c1-18(2,3)17-22-16(26-23-17)10-6-9-15(25)21-13-7-4-5-8-14(13)24-12-19-11-20-24/h4-5,7-8,11-12H,6,9-10H2,1-3H3,(H,21,25). The Bertz CT molecular complexity index is 864. The van der Waals surface area contributed by atoms with Crippen LogP contribution in [0.25, 0.3) is 5.69 Å². The molecule has 0 aliphatic heterocycles. The van der Waals surface area contributed by atoms with E-state index in [1.807, 2.05) is 45.0 Å². The number of anilines is 1. The molecule has 1 N–H and O–H groups in total. The summed E-state index contributed by atoms with van der Waals surface area (Å²) in [6.45, 7) is 6.09. The smallest absolute Gasteiger partial charge is 0.226 e. The quantitative estimate of drug-likeness (QED) is 0.731. The number of hydrogen-bond donors (Lipinski definition) is 1. The molecule has 0 aliphatic rings. The molecule has 1 aromatic carbocycles. The molecule has 0 saturated heterocycles. The second-order valence-electron chi connectivity index (χ2n) is 7.02. The average molecular weight is 354 g/mol. The highest BCUT2D eigenvalue weighted by atomic mass is 16.5. The molecule has 3 rings (SSSR count). The van der Waals surface area contributed by atoms with Crippen LogP contribution in [0.4, 0.5) is 5.69 Å². The first-order valence-electron chi connectivity index (χ1n) is 8.50. The van der Waals surface area contributed by atoms with Crippen molar-refractivity contribution in [1.29, 1.82) is 0 Å². The third-order valence-electron chi connectivity index (χ3n) is 3.78. The fraction of sp³-hybridized carbons (Fsp3) is 0.389. The van der Waals surface area contributed by atoms with Gasteiger partial charge in [0.05, 0.1) is 11.4 Å². The van der Waals surface area contributed by atoms with Crippen molar-refractivity contribution in [2.24, 2.45) is 0 Å². The number of amides is 1. The van der Waals surface area contributed by atoms with Crippen molar-refractivity contribution in [3.8, 4) is 5.69 Å². The maximum absolute atomic E-state index is 12.3. The first-order valence-corrected chi connectivity index (χ1v) is 8.50. The van der Waals surface area contributed by atoms with E-state index in [1.165, 1.54) is 6.33 Å². The molecule has 1 amide bonds. The number of aryl methyl sites for hydroxylation is 1. The summed E-state index contributed by atoms with van der Waals surface area (Å²) in [6.07, 6.45) is 4.60. The first kappa shape index (κ1) is 17.8. The minimum atomic E-state index is -0.149.